The summed E-state index contributed by atoms with van der Waals surface area (Å²) >= 11 is 0. The second-order valence-corrected chi connectivity index (χ2v) is 11.0. The van der Waals surface area contributed by atoms with E-state index in [0.29, 0.717) is 48.7 Å². The second kappa shape index (κ2) is 15.0. The molecular formula is C37H38N2O5. The number of carbonyl (C=O) groups is 3. The Kier molecular flexibility index (Phi) is 10.4. The van der Waals surface area contributed by atoms with E-state index in [9.17, 15) is 14.4 Å². The van der Waals surface area contributed by atoms with Gasteiger partial charge in [-0.05, 0) is 48.2 Å². The molecule has 1 fully saturated rings. The molecule has 1 amide bonds. The molecular weight excluding hydrogens is 552 g/mol. The van der Waals surface area contributed by atoms with Crippen molar-refractivity contribution in [3.63, 3.8) is 0 Å². The predicted molar refractivity (Wildman–Crippen MR) is 171 cm³/mol. The number of para-hydroxylation sites is 1. The number of carbonyl (C=O) groups excluding carboxylic acids is 3. The maximum Gasteiger partial charge on any atom is 0.328 e. The van der Waals surface area contributed by atoms with E-state index in [1.54, 1.807) is 30.3 Å². The molecule has 0 heterocycles. The highest BCUT2D eigenvalue weighted by Crippen LogP contribution is 2.29. The molecule has 0 bridgehead atoms. The third kappa shape index (κ3) is 7.92. The van der Waals surface area contributed by atoms with Crippen molar-refractivity contribution in [3.8, 4) is 5.75 Å². The van der Waals surface area contributed by atoms with Gasteiger partial charge in [0.1, 0.15) is 18.4 Å². The Bertz CT molecular complexity index is 1540. The van der Waals surface area contributed by atoms with Crippen LogP contribution < -0.4 is 10.1 Å². The Morgan fingerprint density at radius 2 is 1.48 bits per heavy atom. The Morgan fingerprint density at radius 1 is 0.818 bits per heavy atom. The van der Waals surface area contributed by atoms with Gasteiger partial charge in [-0.3, -0.25) is 9.59 Å². The van der Waals surface area contributed by atoms with E-state index < -0.39 is 12.0 Å². The molecule has 4 aromatic carbocycles. The lowest BCUT2D eigenvalue weighted by Crippen LogP contribution is -2.40. The van der Waals surface area contributed by atoms with Gasteiger partial charge in [-0.15, -0.1) is 0 Å². The summed E-state index contributed by atoms with van der Waals surface area (Å²) in [6.07, 6.45) is 3.39. The number of rotatable bonds is 14. The Balaban J connectivity index is 1.20. The summed E-state index contributed by atoms with van der Waals surface area (Å²) in [4.78, 5) is 41.0. The molecule has 1 saturated carbocycles. The summed E-state index contributed by atoms with van der Waals surface area (Å²) in [5.41, 5.74) is 3.62. The summed E-state index contributed by atoms with van der Waals surface area (Å²) in [6, 6.07) is 33.1. The van der Waals surface area contributed by atoms with Crippen LogP contribution in [0, 0.1) is 5.92 Å². The maximum atomic E-state index is 13.2. The average molecular weight is 591 g/mol. The number of nitrogens with one attached hydrogen (secondary N) is 1. The van der Waals surface area contributed by atoms with Gasteiger partial charge >= 0.3 is 5.97 Å². The van der Waals surface area contributed by atoms with Crippen molar-refractivity contribution in [2.45, 2.75) is 38.3 Å². The zero-order chi connectivity index (χ0) is 30.7. The molecule has 7 heteroatoms. The quantitative estimate of drug-likeness (QED) is 0.137. The first-order valence-electron chi connectivity index (χ1n) is 15.1. The number of ether oxygens (including phenoxy) is 2. The number of ketones is 1. The van der Waals surface area contributed by atoms with Crippen molar-refractivity contribution in [3.05, 3.63) is 131 Å². The van der Waals surface area contributed by atoms with Crippen LogP contribution >= 0.6 is 0 Å². The number of hydrogen-bond acceptors (Lipinski definition) is 6. The van der Waals surface area contributed by atoms with Gasteiger partial charge in [0.2, 0.25) is 5.91 Å². The molecule has 1 atom stereocenters. The Morgan fingerprint density at radius 3 is 2.14 bits per heavy atom. The highest BCUT2D eigenvalue weighted by atomic mass is 16.5. The third-order valence-electron chi connectivity index (χ3n) is 8.00. The van der Waals surface area contributed by atoms with Crippen molar-refractivity contribution in [1.82, 2.24) is 4.90 Å². The number of amides is 1. The first-order chi connectivity index (χ1) is 21.5. The van der Waals surface area contributed by atoms with Gasteiger partial charge in [0.25, 0.3) is 0 Å². The summed E-state index contributed by atoms with van der Waals surface area (Å²) < 4.78 is 11.1. The first kappa shape index (κ1) is 30.5. The van der Waals surface area contributed by atoms with Crippen LogP contribution in [0.1, 0.15) is 46.3 Å². The smallest absolute Gasteiger partial charge is 0.328 e. The van der Waals surface area contributed by atoms with E-state index in [0.717, 1.165) is 30.4 Å². The van der Waals surface area contributed by atoms with Crippen LogP contribution in [0.2, 0.25) is 0 Å². The zero-order valence-electron chi connectivity index (χ0n) is 25.0. The van der Waals surface area contributed by atoms with Crippen molar-refractivity contribution in [1.29, 1.82) is 0 Å². The molecule has 1 aliphatic rings. The van der Waals surface area contributed by atoms with Crippen LogP contribution in [-0.2, 0) is 27.3 Å². The van der Waals surface area contributed by atoms with Crippen LogP contribution in [0.3, 0.4) is 0 Å². The minimum atomic E-state index is -0.708. The van der Waals surface area contributed by atoms with Crippen molar-refractivity contribution < 1.29 is 23.9 Å². The van der Waals surface area contributed by atoms with E-state index in [4.69, 9.17) is 9.47 Å². The molecule has 1 aliphatic carbocycles. The lowest BCUT2D eigenvalue weighted by molar-refractivity contribution is -0.141. The van der Waals surface area contributed by atoms with E-state index in [-0.39, 0.29) is 17.6 Å². The molecule has 5 rings (SSSR count). The molecule has 1 N–H and O–H groups in total. The van der Waals surface area contributed by atoms with Gasteiger partial charge in [-0.25, -0.2) is 4.79 Å². The summed E-state index contributed by atoms with van der Waals surface area (Å²) in [5, 5.41) is 3.24. The van der Waals surface area contributed by atoms with Crippen molar-refractivity contribution in [2.75, 3.05) is 25.6 Å². The molecule has 0 radical (unpaired) electrons. The molecule has 0 saturated heterocycles. The predicted octanol–water partition coefficient (Wildman–Crippen LogP) is 6.32. The standard InChI is InChI=1S/C37H38N2O5/c1-43-37(42)34(38-33-18-9-8-17-32(33)35(40)29-13-6-3-7-14-29)25-27-19-21-31(22-20-27)44-24-23-39(36(41)30-15-10-16-30)26-28-11-4-2-5-12-28/h2-9,11-14,17-22,30,34,38H,10,15-16,23-26H2,1H3/t34-/m0/s1. The van der Waals surface area contributed by atoms with Crippen molar-refractivity contribution >= 4 is 23.3 Å². The van der Waals surface area contributed by atoms with Gasteiger partial charge in [-0.2, -0.15) is 0 Å². The topological polar surface area (TPSA) is 84.9 Å². The number of hydrogen-bond donors (Lipinski definition) is 1. The van der Waals surface area contributed by atoms with Crippen molar-refractivity contribution in [2.24, 2.45) is 5.92 Å². The van der Waals surface area contributed by atoms with Crippen LogP contribution in [0.5, 0.6) is 5.75 Å². The van der Waals surface area contributed by atoms with E-state index in [2.05, 4.69) is 5.32 Å². The van der Waals surface area contributed by atoms with Crippen LogP contribution in [-0.4, -0.2) is 48.9 Å². The fourth-order valence-corrected chi connectivity index (χ4v) is 5.29. The summed E-state index contributed by atoms with van der Waals surface area (Å²) in [7, 11) is 1.35. The van der Waals surface area contributed by atoms with Crippen LogP contribution in [0.25, 0.3) is 0 Å². The second-order valence-electron chi connectivity index (χ2n) is 11.0. The number of methoxy groups -OCH3 is 1. The molecule has 0 aliphatic heterocycles. The zero-order valence-corrected chi connectivity index (χ0v) is 25.0. The Hall–Kier alpha value is -4.91. The third-order valence-corrected chi connectivity index (χ3v) is 8.00. The van der Waals surface area contributed by atoms with Gasteiger partial charge in [0.05, 0.1) is 13.7 Å². The van der Waals surface area contributed by atoms with Gasteiger partial charge in [0, 0.05) is 35.7 Å². The normalized spacial score (nSPS) is 13.3. The van der Waals surface area contributed by atoms with Crippen LogP contribution in [0.15, 0.2) is 109 Å². The largest absolute Gasteiger partial charge is 0.492 e. The van der Waals surface area contributed by atoms with Gasteiger partial charge in [0.15, 0.2) is 5.78 Å². The fourth-order valence-electron chi connectivity index (χ4n) is 5.29. The summed E-state index contributed by atoms with van der Waals surface area (Å²) in [5.74, 6) is 0.452. The highest BCUT2D eigenvalue weighted by molar-refractivity contribution is 6.12. The maximum absolute atomic E-state index is 13.2. The van der Waals surface area contributed by atoms with Crippen LogP contribution in [0.4, 0.5) is 5.69 Å². The molecule has 44 heavy (non-hydrogen) atoms. The fraction of sp³-hybridized carbons (Fsp3) is 0.270. The van der Waals surface area contributed by atoms with E-state index >= 15 is 0 Å². The number of nitrogens with zero attached hydrogens (tertiary/aromatic N) is 1. The van der Waals surface area contributed by atoms with Gasteiger partial charge in [-0.1, -0.05) is 91.3 Å². The van der Waals surface area contributed by atoms with Gasteiger partial charge < -0.3 is 19.7 Å². The minimum Gasteiger partial charge on any atom is -0.492 e. The minimum absolute atomic E-state index is 0.123. The molecule has 0 unspecified atom stereocenters. The monoisotopic (exact) mass is 590 g/mol. The average Bonchev–Trinajstić information content (AvgIpc) is 3.04. The molecule has 4 aromatic rings. The first-order valence-corrected chi connectivity index (χ1v) is 15.1. The molecule has 0 spiro atoms. The Labute approximate surface area is 258 Å². The number of anilines is 1. The number of esters is 1. The lowest BCUT2D eigenvalue weighted by atomic mass is 9.84. The molecule has 0 aromatic heterocycles. The van der Waals surface area contributed by atoms with E-state index in [1.165, 1.54) is 7.11 Å². The highest BCUT2D eigenvalue weighted by Gasteiger charge is 2.29. The number of benzene rings is 4. The SMILES string of the molecule is COC(=O)[C@H](Cc1ccc(OCCN(Cc2ccccc2)C(=O)C2CCC2)cc1)Nc1ccccc1C(=O)c1ccccc1. The van der Waals surface area contributed by atoms with E-state index in [1.807, 2.05) is 83.8 Å². The molecule has 7 nitrogen and oxygen atoms in total. The summed E-state index contributed by atoms with van der Waals surface area (Å²) in [6.45, 7) is 1.45. The molecule has 226 valence electrons. The lowest BCUT2D eigenvalue weighted by Gasteiger charge is -2.31.